The molecule has 0 atom stereocenters. The number of para-hydroxylation sites is 1. The summed E-state index contributed by atoms with van der Waals surface area (Å²) < 4.78 is 23.6. The first-order chi connectivity index (χ1) is 11.6. The number of nitrogens with zero attached hydrogens (tertiary/aromatic N) is 1. The van der Waals surface area contributed by atoms with E-state index in [4.69, 9.17) is 9.47 Å². The van der Waals surface area contributed by atoms with Crippen molar-refractivity contribution in [2.24, 2.45) is 0 Å². The molecule has 122 valence electrons. The van der Waals surface area contributed by atoms with Crippen LogP contribution in [0, 0.1) is 5.82 Å². The third-order valence-corrected chi connectivity index (χ3v) is 3.54. The van der Waals surface area contributed by atoms with Gasteiger partial charge in [-0.15, -0.1) is 0 Å². The van der Waals surface area contributed by atoms with Crippen molar-refractivity contribution in [3.05, 3.63) is 60.0 Å². The number of aromatic nitrogens is 1. The molecular weight excluding hydrogens is 311 g/mol. The van der Waals surface area contributed by atoms with E-state index in [0.29, 0.717) is 22.7 Å². The second-order valence-corrected chi connectivity index (χ2v) is 5.03. The molecule has 0 spiro atoms. The molecule has 0 fully saturated rings. The molecule has 1 heterocycles. The fourth-order valence-corrected chi connectivity index (χ4v) is 2.37. The Morgan fingerprint density at radius 2 is 1.75 bits per heavy atom. The Hall–Kier alpha value is -3.15. The normalized spacial score (nSPS) is 10.5. The van der Waals surface area contributed by atoms with Gasteiger partial charge in [0.05, 0.1) is 14.2 Å². The van der Waals surface area contributed by atoms with Crippen molar-refractivity contribution in [3.63, 3.8) is 0 Å². The van der Waals surface area contributed by atoms with E-state index in [1.165, 1.54) is 38.5 Å². The predicted molar refractivity (Wildman–Crippen MR) is 89.2 cm³/mol. The van der Waals surface area contributed by atoms with E-state index in [2.05, 4.69) is 10.3 Å². The van der Waals surface area contributed by atoms with Crippen LogP contribution in [0.2, 0.25) is 0 Å². The predicted octanol–water partition coefficient (Wildman–Crippen LogP) is 3.64. The standard InChI is InChI=1S/C18H15FN2O3/c1-23-15-5-3-4-13-16(24-2)10-14(21-17(13)15)18(22)20-12-8-6-11(19)7-9-12/h3-10H,1-2H3,(H,20,22). The average Bonchev–Trinajstić information content (AvgIpc) is 2.62. The van der Waals surface area contributed by atoms with Crippen LogP contribution in [0.5, 0.6) is 11.5 Å². The molecule has 0 saturated carbocycles. The summed E-state index contributed by atoms with van der Waals surface area (Å²) in [6.07, 6.45) is 0. The molecule has 1 N–H and O–H groups in total. The SMILES string of the molecule is COc1cc(C(=O)Nc2ccc(F)cc2)nc2c(OC)cccc12. The van der Waals surface area contributed by atoms with E-state index < -0.39 is 5.91 Å². The van der Waals surface area contributed by atoms with Crippen molar-refractivity contribution in [3.8, 4) is 11.5 Å². The smallest absolute Gasteiger partial charge is 0.274 e. The third kappa shape index (κ3) is 2.99. The molecule has 0 unspecified atom stereocenters. The number of nitrogens with one attached hydrogen (secondary N) is 1. The van der Waals surface area contributed by atoms with Gasteiger partial charge in [-0.05, 0) is 36.4 Å². The zero-order valence-corrected chi connectivity index (χ0v) is 13.2. The summed E-state index contributed by atoms with van der Waals surface area (Å²) in [6.45, 7) is 0. The molecule has 0 bridgehead atoms. The highest BCUT2D eigenvalue weighted by atomic mass is 19.1. The molecule has 5 nitrogen and oxygen atoms in total. The van der Waals surface area contributed by atoms with Crippen LogP contribution in [-0.2, 0) is 0 Å². The van der Waals surface area contributed by atoms with Crippen LogP contribution in [0.4, 0.5) is 10.1 Å². The Balaban J connectivity index is 2.02. The lowest BCUT2D eigenvalue weighted by molar-refractivity contribution is 0.102. The van der Waals surface area contributed by atoms with Crippen LogP contribution < -0.4 is 14.8 Å². The maximum atomic E-state index is 12.9. The lowest BCUT2D eigenvalue weighted by Crippen LogP contribution is -2.14. The van der Waals surface area contributed by atoms with Gasteiger partial charge >= 0.3 is 0 Å². The van der Waals surface area contributed by atoms with Crippen molar-refractivity contribution < 1.29 is 18.7 Å². The highest BCUT2D eigenvalue weighted by molar-refractivity contribution is 6.05. The third-order valence-electron chi connectivity index (χ3n) is 3.54. The highest BCUT2D eigenvalue weighted by Crippen LogP contribution is 2.31. The fourth-order valence-electron chi connectivity index (χ4n) is 2.37. The zero-order chi connectivity index (χ0) is 17.1. The fraction of sp³-hybridized carbons (Fsp3) is 0.111. The maximum absolute atomic E-state index is 12.9. The molecule has 1 amide bonds. The van der Waals surface area contributed by atoms with Crippen LogP contribution in [0.3, 0.4) is 0 Å². The molecule has 0 aliphatic heterocycles. The number of hydrogen-bond donors (Lipinski definition) is 1. The topological polar surface area (TPSA) is 60.5 Å². The lowest BCUT2D eigenvalue weighted by Gasteiger charge is -2.11. The number of anilines is 1. The number of amides is 1. The molecule has 0 aliphatic rings. The summed E-state index contributed by atoms with van der Waals surface area (Å²) in [4.78, 5) is 16.8. The monoisotopic (exact) mass is 326 g/mol. The molecule has 0 saturated heterocycles. The number of halogens is 1. The van der Waals surface area contributed by atoms with Gasteiger partial charge in [0.1, 0.15) is 28.5 Å². The second kappa shape index (κ2) is 6.54. The van der Waals surface area contributed by atoms with Crippen LogP contribution in [-0.4, -0.2) is 25.1 Å². The molecule has 0 aliphatic carbocycles. The van der Waals surface area contributed by atoms with Gasteiger partial charge in [-0.1, -0.05) is 6.07 Å². The molecular formula is C18H15FN2O3. The van der Waals surface area contributed by atoms with Crippen LogP contribution >= 0.6 is 0 Å². The van der Waals surface area contributed by atoms with E-state index in [1.807, 2.05) is 12.1 Å². The van der Waals surface area contributed by atoms with Crippen molar-refractivity contribution in [2.75, 3.05) is 19.5 Å². The van der Waals surface area contributed by atoms with Gasteiger partial charge in [0, 0.05) is 17.1 Å². The first-order valence-corrected chi connectivity index (χ1v) is 7.21. The lowest BCUT2D eigenvalue weighted by atomic mass is 10.1. The summed E-state index contributed by atoms with van der Waals surface area (Å²) in [6, 6.07) is 12.5. The van der Waals surface area contributed by atoms with Crippen LogP contribution in [0.1, 0.15) is 10.5 Å². The molecule has 24 heavy (non-hydrogen) atoms. The molecule has 2 aromatic carbocycles. The van der Waals surface area contributed by atoms with E-state index in [1.54, 1.807) is 12.1 Å². The average molecular weight is 326 g/mol. The number of ether oxygens (including phenoxy) is 2. The Morgan fingerprint density at radius 1 is 1.04 bits per heavy atom. The van der Waals surface area contributed by atoms with Crippen LogP contribution in [0.25, 0.3) is 10.9 Å². The molecule has 0 radical (unpaired) electrons. The summed E-state index contributed by atoms with van der Waals surface area (Å²) in [5, 5.41) is 3.42. The van der Waals surface area contributed by atoms with E-state index >= 15 is 0 Å². The van der Waals surface area contributed by atoms with Gasteiger partial charge in [-0.3, -0.25) is 4.79 Å². The Bertz CT molecular complexity index is 895. The Kier molecular flexibility index (Phi) is 4.29. The molecule has 1 aromatic heterocycles. The van der Waals surface area contributed by atoms with Crippen molar-refractivity contribution >= 4 is 22.5 Å². The number of fused-ring (bicyclic) bond motifs is 1. The number of methoxy groups -OCH3 is 2. The first kappa shape index (κ1) is 15.7. The van der Waals surface area contributed by atoms with Crippen molar-refractivity contribution in [2.45, 2.75) is 0 Å². The number of carbonyl (C=O) groups is 1. The van der Waals surface area contributed by atoms with E-state index in [0.717, 1.165) is 5.39 Å². The van der Waals surface area contributed by atoms with Gasteiger partial charge < -0.3 is 14.8 Å². The van der Waals surface area contributed by atoms with Gasteiger partial charge in [-0.2, -0.15) is 0 Å². The van der Waals surface area contributed by atoms with Crippen LogP contribution in [0.15, 0.2) is 48.5 Å². The summed E-state index contributed by atoms with van der Waals surface area (Å²) in [7, 11) is 3.06. The van der Waals surface area contributed by atoms with Gasteiger partial charge in [0.15, 0.2) is 0 Å². The van der Waals surface area contributed by atoms with Crippen molar-refractivity contribution in [1.29, 1.82) is 0 Å². The first-order valence-electron chi connectivity index (χ1n) is 7.21. The minimum atomic E-state index is -0.423. The van der Waals surface area contributed by atoms with E-state index in [9.17, 15) is 9.18 Å². The minimum absolute atomic E-state index is 0.174. The zero-order valence-electron chi connectivity index (χ0n) is 13.2. The van der Waals surface area contributed by atoms with Gasteiger partial charge in [-0.25, -0.2) is 9.37 Å². The largest absolute Gasteiger partial charge is 0.496 e. The second-order valence-electron chi connectivity index (χ2n) is 5.03. The number of pyridine rings is 1. The molecule has 6 heteroatoms. The number of hydrogen-bond acceptors (Lipinski definition) is 4. The number of rotatable bonds is 4. The summed E-state index contributed by atoms with van der Waals surface area (Å²) in [5.74, 6) is 0.265. The highest BCUT2D eigenvalue weighted by Gasteiger charge is 2.15. The Morgan fingerprint density at radius 3 is 2.42 bits per heavy atom. The Labute approximate surface area is 138 Å². The summed E-state index contributed by atoms with van der Waals surface area (Å²) >= 11 is 0. The van der Waals surface area contributed by atoms with Gasteiger partial charge in [0.2, 0.25) is 0 Å². The molecule has 3 aromatic rings. The minimum Gasteiger partial charge on any atom is -0.496 e. The van der Waals surface area contributed by atoms with E-state index in [-0.39, 0.29) is 11.5 Å². The van der Waals surface area contributed by atoms with Gasteiger partial charge in [0.25, 0.3) is 5.91 Å². The molecule has 3 rings (SSSR count). The summed E-state index contributed by atoms with van der Waals surface area (Å²) in [5.41, 5.74) is 1.18. The quantitative estimate of drug-likeness (QED) is 0.795. The maximum Gasteiger partial charge on any atom is 0.274 e. The van der Waals surface area contributed by atoms with Crippen molar-refractivity contribution in [1.82, 2.24) is 4.98 Å². The number of carbonyl (C=O) groups excluding carboxylic acids is 1. The number of benzene rings is 2.